The molecule has 0 heterocycles. The molecule has 8 aliphatic carbocycles. The average molecular weight is 545 g/mol. The van der Waals surface area contributed by atoms with Crippen molar-refractivity contribution in [1.82, 2.24) is 0 Å². The zero-order valence-electron chi connectivity index (χ0n) is 26.7. The van der Waals surface area contributed by atoms with Crippen LogP contribution in [0.1, 0.15) is 156 Å². The first-order valence-corrected chi connectivity index (χ1v) is 18.4. The molecule has 0 aliphatic heterocycles. The highest BCUT2D eigenvalue weighted by Crippen LogP contribution is 2.67. The molecule has 40 heavy (non-hydrogen) atoms. The zero-order chi connectivity index (χ0) is 27.3. The number of hydrogen-bond donors (Lipinski definition) is 0. The second kappa shape index (κ2) is 9.42. The van der Waals surface area contributed by atoms with E-state index >= 15 is 0 Å². The lowest BCUT2D eigenvalue weighted by Crippen LogP contribution is -2.53. The van der Waals surface area contributed by atoms with Gasteiger partial charge in [0.05, 0.1) is 0 Å². The smallest absolute Gasteiger partial charge is 0.0467 e. The summed E-state index contributed by atoms with van der Waals surface area (Å²) >= 11 is 0. The quantitative estimate of drug-likeness (QED) is 0.293. The lowest BCUT2D eigenvalue weighted by Gasteiger charge is -2.60. The van der Waals surface area contributed by atoms with Crippen LogP contribution < -0.4 is 0 Å². The summed E-state index contributed by atoms with van der Waals surface area (Å²) in [5.41, 5.74) is 4.96. The molecule has 0 aromatic carbocycles. The van der Waals surface area contributed by atoms with E-state index in [9.17, 15) is 0 Å². The Labute approximate surface area is 246 Å². The fraction of sp³-hybridized carbons (Fsp3) is 0.947. The Morgan fingerprint density at radius 3 is 1.35 bits per heavy atom. The molecule has 8 aliphatic rings. The van der Waals surface area contributed by atoms with Gasteiger partial charge in [0.25, 0.3) is 0 Å². The van der Waals surface area contributed by atoms with Gasteiger partial charge in [-0.15, -0.1) is 0 Å². The molecule has 8 fully saturated rings. The average Bonchev–Trinajstić information content (AvgIpc) is 3.47. The molecule has 0 aromatic heterocycles. The summed E-state index contributed by atoms with van der Waals surface area (Å²) in [6, 6.07) is 0. The third kappa shape index (κ3) is 3.64. The molecule has 0 radical (unpaired) electrons. The number of hydrogen-bond acceptors (Lipinski definition) is 2. The summed E-state index contributed by atoms with van der Waals surface area (Å²) in [5, 5.41) is 10.6. The molecule has 12 unspecified atom stereocenters. The second-order valence-corrected chi connectivity index (χ2v) is 17.9. The second-order valence-electron chi connectivity index (χ2n) is 17.9. The normalized spacial score (nSPS) is 57.5. The Balaban J connectivity index is 1.02. The van der Waals surface area contributed by atoms with Crippen molar-refractivity contribution in [3.63, 3.8) is 0 Å². The van der Waals surface area contributed by atoms with Gasteiger partial charge in [-0.05, 0) is 161 Å². The van der Waals surface area contributed by atoms with E-state index in [1.54, 1.807) is 0 Å². The van der Waals surface area contributed by atoms with Crippen molar-refractivity contribution in [1.29, 1.82) is 0 Å². The molecule has 12 atom stereocenters. The van der Waals surface area contributed by atoms with E-state index < -0.39 is 0 Å². The van der Waals surface area contributed by atoms with Gasteiger partial charge in [-0.3, -0.25) is 0 Å². The SMILES string of the molecule is CC12CCC3C(CCC4CCCCC43C)C1CC/C2=N/N=C1\CCC2C3CCC4CCCCC4(C)C3CCC12C. The van der Waals surface area contributed by atoms with Crippen LogP contribution in [0.4, 0.5) is 0 Å². The van der Waals surface area contributed by atoms with Gasteiger partial charge in [0, 0.05) is 22.3 Å². The predicted octanol–water partition coefficient (Wildman–Crippen LogP) is 10.6. The molecule has 222 valence electrons. The van der Waals surface area contributed by atoms with E-state index in [-0.39, 0.29) is 0 Å². The Kier molecular flexibility index (Phi) is 6.34. The van der Waals surface area contributed by atoms with Crippen molar-refractivity contribution in [3.8, 4) is 0 Å². The number of fused-ring (bicyclic) bond motifs is 10. The van der Waals surface area contributed by atoms with Crippen molar-refractivity contribution < 1.29 is 0 Å². The Morgan fingerprint density at radius 1 is 0.450 bits per heavy atom. The minimum absolute atomic E-state index is 0.327. The van der Waals surface area contributed by atoms with Crippen LogP contribution in [0.25, 0.3) is 0 Å². The standard InChI is InChI=1S/C38H60N2/c1-35-21-7-5-9-25(35)11-13-27-29-15-17-33(37(29,3)23-19-31(27)35)39-40-34-18-16-30-28-14-12-26-10-6-8-22-36(26,2)32(28)20-24-38(30,34)4/h25-32H,5-24H2,1-4H3/b39-33-,40-34+. The van der Waals surface area contributed by atoms with Crippen LogP contribution in [0.15, 0.2) is 10.2 Å². The van der Waals surface area contributed by atoms with Gasteiger partial charge in [0.15, 0.2) is 0 Å². The van der Waals surface area contributed by atoms with Gasteiger partial charge in [-0.2, -0.15) is 10.2 Å². The van der Waals surface area contributed by atoms with Crippen LogP contribution in [0.2, 0.25) is 0 Å². The fourth-order valence-corrected chi connectivity index (χ4v) is 14.6. The Morgan fingerprint density at radius 2 is 0.900 bits per heavy atom. The van der Waals surface area contributed by atoms with Gasteiger partial charge in [-0.1, -0.05) is 53.4 Å². The summed E-state index contributed by atoms with van der Waals surface area (Å²) in [6.45, 7) is 10.7. The summed E-state index contributed by atoms with van der Waals surface area (Å²) in [6.07, 6.45) is 29.0. The van der Waals surface area contributed by atoms with Crippen LogP contribution in [0.5, 0.6) is 0 Å². The van der Waals surface area contributed by atoms with Crippen molar-refractivity contribution in [2.24, 2.45) is 79.2 Å². The highest BCUT2D eigenvalue weighted by Gasteiger charge is 2.61. The Hall–Kier alpha value is -0.660. The van der Waals surface area contributed by atoms with Crippen LogP contribution in [0, 0.1) is 69.0 Å². The topological polar surface area (TPSA) is 24.7 Å². The molecule has 0 saturated heterocycles. The van der Waals surface area contributed by atoms with E-state index in [0.717, 1.165) is 47.3 Å². The minimum atomic E-state index is 0.327. The predicted molar refractivity (Wildman–Crippen MR) is 168 cm³/mol. The van der Waals surface area contributed by atoms with Gasteiger partial charge in [-0.25, -0.2) is 0 Å². The molecule has 8 saturated carbocycles. The maximum atomic E-state index is 5.32. The van der Waals surface area contributed by atoms with E-state index in [4.69, 9.17) is 10.2 Å². The third-order valence-corrected chi connectivity index (χ3v) is 16.9. The van der Waals surface area contributed by atoms with Crippen molar-refractivity contribution in [2.75, 3.05) is 0 Å². The summed E-state index contributed by atoms with van der Waals surface area (Å²) in [7, 11) is 0. The first-order valence-electron chi connectivity index (χ1n) is 18.4. The Bertz CT molecular complexity index is 989. The molecular weight excluding hydrogens is 484 g/mol. The molecule has 0 amide bonds. The summed E-state index contributed by atoms with van der Waals surface area (Å²) in [5.74, 6) is 7.68. The monoisotopic (exact) mass is 544 g/mol. The van der Waals surface area contributed by atoms with Gasteiger partial charge >= 0.3 is 0 Å². The first kappa shape index (κ1) is 26.9. The number of rotatable bonds is 1. The lowest BCUT2D eigenvalue weighted by atomic mass is 9.45. The maximum Gasteiger partial charge on any atom is 0.0467 e. The van der Waals surface area contributed by atoms with Crippen molar-refractivity contribution in [2.45, 2.75) is 156 Å². The summed E-state index contributed by atoms with van der Waals surface area (Å²) in [4.78, 5) is 0. The third-order valence-electron chi connectivity index (χ3n) is 16.9. The van der Waals surface area contributed by atoms with Gasteiger partial charge < -0.3 is 0 Å². The van der Waals surface area contributed by atoms with Crippen LogP contribution in [-0.4, -0.2) is 11.4 Å². The van der Waals surface area contributed by atoms with Crippen molar-refractivity contribution in [3.05, 3.63) is 0 Å². The molecule has 0 N–H and O–H groups in total. The van der Waals surface area contributed by atoms with E-state index in [0.29, 0.717) is 21.7 Å². The van der Waals surface area contributed by atoms with Crippen LogP contribution >= 0.6 is 0 Å². The van der Waals surface area contributed by atoms with Gasteiger partial charge in [0.2, 0.25) is 0 Å². The van der Waals surface area contributed by atoms with Gasteiger partial charge in [0.1, 0.15) is 0 Å². The highest BCUT2D eigenvalue weighted by molar-refractivity contribution is 5.95. The fourth-order valence-electron chi connectivity index (χ4n) is 14.6. The van der Waals surface area contributed by atoms with E-state index in [1.807, 2.05) is 0 Å². The number of nitrogens with zero attached hydrogens (tertiary/aromatic N) is 2. The van der Waals surface area contributed by atoms with Crippen molar-refractivity contribution >= 4 is 11.4 Å². The van der Waals surface area contributed by atoms with Crippen LogP contribution in [-0.2, 0) is 0 Å². The summed E-state index contributed by atoms with van der Waals surface area (Å²) < 4.78 is 0. The molecular formula is C38H60N2. The molecule has 0 aromatic rings. The molecule has 2 heteroatoms. The van der Waals surface area contributed by atoms with E-state index in [2.05, 4.69) is 27.7 Å². The first-order chi connectivity index (χ1) is 19.3. The lowest BCUT2D eigenvalue weighted by molar-refractivity contribution is -0.0938. The molecule has 0 spiro atoms. The molecule has 2 nitrogen and oxygen atoms in total. The largest absolute Gasteiger partial charge is 0.160 e. The molecule has 0 bridgehead atoms. The zero-order valence-corrected chi connectivity index (χ0v) is 26.7. The molecule has 8 rings (SSSR count). The maximum absolute atomic E-state index is 5.32. The van der Waals surface area contributed by atoms with E-state index in [1.165, 1.54) is 140 Å². The van der Waals surface area contributed by atoms with Crippen LogP contribution in [0.3, 0.4) is 0 Å². The highest BCUT2D eigenvalue weighted by atomic mass is 15.2. The minimum Gasteiger partial charge on any atom is -0.160 e.